The van der Waals surface area contributed by atoms with E-state index in [4.69, 9.17) is 10.5 Å². The largest absolute Gasteiger partial charge is 0.399 e. The van der Waals surface area contributed by atoms with E-state index in [1.54, 1.807) is 0 Å². The number of rotatable bonds is 3. The van der Waals surface area contributed by atoms with E-state index in [1.165, 1.54) is 0 Å². The van der Waals surface area contributed by atoms with Crippen molar-refractivity contribution in [1.82, 2.24) is 4.90 Å². The number of benzene rings is 1. The van der Waals surface area contributed by atoms with Crippen LogP contribution in [0.2, 0.25) is 0 Å². The number of carbonyl (C=O) groups is 1. The summed E-state index contributed by atoms with van der Waals surface area (Å²) in [7, 11) is 1.94. The van der Waals surface area contributed by atoms with E-state index in [1.807, 2.05) is 36.2 Å². The maximum Gasteiger partial charge on any atom is 0.233 e. The molecule has 2 aliphatic rings. The second-order valence-corrected chi connectivity index (χ2v) is 5.96. The van der Waals surface area contributed by atoms with Crippen LogP contribution >= 0.6 is 0 Å². The quantitative estimate of drug-likeness (QED) is 0.857. The van der Waals surface area contributed by atoms with Gasteiger partial charge in [0.1, 0.15) is 0 Å². The first-order chi connectivity index (χ1) is 9.63. The topological polar surface area (TPSA) is 55.6 Å². The third-order valence-electron chi connectivity index (χ3n) is 4.68. The molecule has 1 heterocycles. The Morgan fingerprint density at radius 3 is 2.40 bits per heavy atom. The molecule has 1 saturated heterocycles. The van der Waals surface area contributed by atoms with Crippen LogP contribution in [0.3, 0.4) is 0 Å². The van der Waals surface area contributed by atoms with E-state index in [-0.39, 0.29) is 11.3 Å². The van der Waals surface area contributed by atoms with Crippen molar-refractivity contribution in [3.8, 4) is 0 Å². The summed E-state index contributed by atoms with van der Waals surface area (Å²) in [4.78, 5) is 14.8. The molecule has 1 aliphatic heterocycles. The summed E-state index contributed by atoms with van der Waals surface area (Å²) in [5.41, 5.74) is 7.30. The van der Waals surface area contributed by atoms with Crippen molar-refractivity contribution in [3.63, 3.8) is 0 Å². The van der Waals surface area contributed by atoms with Crippen LogP contribution in [0.25, 0.3) is 0 Å². The molecule has 2 fully saturated rings. The number of carbonyl (C=O) groups excluding carboxylic acids is 1. The molecule has 0 spiro atoms. The Kier molecular flexibility index (Phi) is 3.42. The molecule has 1 saturated carbocycles. The zero-order valence-electron chi connectivity index (χ0n) is 12.0. The maximum atomic E-state index is 12.9. The Bertz CT molecular complexity index is 488. The van der Waals surface area contributed by atoms with Gasteiger partial charge in [-0.05, 0) is 43.4 Å². The first-order valence-corrected chi connectivity index (χ1v) is 7.34. The summed E-state index contributed by atoms with van der Waals surface area (Å²) in [6.07, 6.45) is 3.78. The van der Waals surface area contributed by atoms with Gasteiger partial charge in [0.25, 0.3) is 0 Å². The molecule has 0 aromatic heterocycles. The number of hydrogen-bond donors (Lipinski definition) is 1. The van der Waals surface area contributed by atoms with Gasteiger partial charge in [-0.15, -0.1) is 0 Å². The normalized spacial score (nSPS) is 21.4. The number of amides is 1. The van der Waals surface area contributed by atoms with Gasteiger partial charge in [0.2, 0.25) is 5.91 Å². The van der Waals surface area contributed by atoms with Gasteiger partial charge in [-0.25, -0.2) is 0 Å². The van der Waals surface area contributed by atoms with E-state index in [0.29, 0.717) is 6.04 Å². The zero-order chi connectivity index (χ0) is 14.2. The molecule has 4 nitrogen and oxygen atoms in total. The lowest BCUT2D eigenvalue weighted by Gasteiger charge is -2.34. The minimum Gasteiger partial charge on any atom is -0.399 e. The lowest BCUT2D eigenvalue weighted by atomic mass is 9.93. The van der Waals surface area contributed by atoms with Gasteiger partial charge >= 0.3 is 0 Å². The second kappa shape index (κ2) is 5.09. The van der Waals surface area contributed by atoms with Crippen molar-refractivity contribution in [2.45, 2.75) is 37.1 Å². The molecule has 0 atom stereocenters. The number of ether oxygens (including phenoxy) is 1. The van der Waals surface area contributed by atoms with Crippen LogP contribution in [0.1, 0.15) is 31.2 Å². The third-order valence-corrected chi connectivity index (χ3v) is 4.68. The first-order valence-electron chi connectivity index (χ1n) is 7.34. The molecular formula is C16H22N2O2. The first kappa shape index (κ1) is 13.4. The number of nitrogen functional groups attached to an aromatic ring is 1. The smallest absolute Gasteiger partial charge is 0.233 e. The fourth-order valence-electron chi connectivity index (χ4n) is 3.13. The Hall–Kier alpha value is -1.55. The van der Waals surface area contributed by atoms with Crippen LogP contribution < -0.4 is 5.73 Å². The van der Waals surface area contributed by atoms with Crippen LogP contribution in [-0.4, -0.2) is 37.1 Å². The van der Waals surface area contributed by atoms with Gasteiger partial charge in [0, 0.05) is 32.0 Å². The van der Waals surface area contributed by atoms with E-state index >= 15 is 0 Å². The van der Waals surface area contributed by atoms with Crippen molar-refractivity contribution in [2.75, 3.05) is 26.0 Å². The van der Waals surface area contributed by atoms with Gasteiger partial charge in [0.05, 0.1) is 5.41 Å². The number of nitrogens with two attached hydrogens (primary N) is 1. The predicted molar refractivity (Wildman–Crippen MR) is 78.4 cm³/mol. The Labute approximate surface area is 119 Å². The second-order valence-electron chi connectivity index (χ2n) is 5.96. The van der Waals surface area contributed by atoms with E-state index in [0.717, 1.165) is 50.1 Å². The van der Waals surface area contributed by atoms with E-state index in [2.05, 4.69) is 0 Å². The zero-order valence-corrected chi connectivity index (χ0v) is 12.0. The van der Waals surface area contributed by atoms with Crippen molar-refractivity contribution in [1.29, 1.82) is 0 Å². The number of nitrogens with zero attached hydrogens (tertiary/aromatic N) is 1. The fourth-order valence-corrected chi connectivity index (χ4v) is 3.13. The highest BCUT2D eigenvalue weighted by Crippen LogP contribution is 2.50. The molecular weight excluding hydrogens is 252 g/mol. The van der Waals surface area contributed by atoms with Gasteiger partial charge in [-0.2, -0.15) is 0 Å². The molecule has 4 heteroatoms. The summed E-state index contributed by atoms with van der Waals surface area (Å²) < 4.78 is 5.38. The van der Waals surface area contributed by atoms with Crippen LogP contribution in [0.4, 0.5) is 5.69 Å². The Morgan fingerprint density at radius 1 is 1.25 bits per heavy atom. The van der Waals surface area contributed by atoms with Crippen LogP contribution in [0.5, 0.6) is 0 Å². The van der Waals surface area contributed by atoms with Crippen LogP contribution in [0.15, 0.2) is 24.3 Å². The molecule has 1 amide bonds. The molecule has 0 unspecified atom stereocenters. The molecule has 2 N–H and O–H groups in total. The molecule has 1 aliphatic carbocycles. The minimum absolute atomic E-state index is 0.258. The van der Waals surface area contributed by atoms with Crippen LogP contribution in [-0.2, 0) is 14.9 Å². The summed E-state index contributed by atoms with van der Waals surface area (Å²) >= 11 is 0. The SMILES string of the molecule is CN(C(=O)C1(c2ccc(N)cc2)CC1)C1CCOCC1. The van der Waals surface area contributed by atoms with E-state index < -0.39 is 0 Å². The number of likely N-dealkylation sites (N-methyl/N-ethyl adjacent to an activating group) is 1. The number of anilines is 1. The maximum absolute atomic E-state index is 12.9. The molecule has 0 radical (unpaired) electrons. The Balaban J connectivity index is 1.77. The molecule has 1 aromatic carbocycles. The standard InChI is InChI=1S/C16H22N2O2/c1-18(14-6-10-20-11-7-14)15(19)16(8-9-16)12-2-4-13(17)5-3-12/h2-5,14H,6-11,17H2,1H3. The summed E-state index contributed by atoms with van der Waals surface area (Å²) in [5.74, 6) is 0.258. The monoisotopic (exact) mass is 274 g/mol. The molecule has 3 rings (SSSR count). The summed E-state index contributed by atoms with van der Waals surface area (Å²) in [5, 5.41) is 0. The Morgan fingerprint density at radius 2 is 1.85 bits per heavy atom. The highest BCUT2D eigenvalue weighted by atomic mass is 16.5. The van der Waals surface area contributed by atoms with Gasteiger partial charge < -0.3 is 15.4 Å². The van der Waals surface area contributed by atoms with Gasteiger partial charge in [-0.3, -0.25) is 4.79 Å². The molecule has 1 aromatic rings. The van der Waals surface area contributed by atoms with Crippen molar-refractivity contribution < 1.29 is 9.53 Å². The predicted octanol–water partition coefficient (Wildman–Crippen LogP) is 1.94. The summed E-state index contributed by atoms with van der Waals surface area (Å²) in [6, 6.07) is 8.09. The third kappa shape index (κ3) is 2.29. The summed E-state index contributed by atoms with van der Waals surface area (Å²) in [6.45, 7) is 1.52. The van der Waals surface area contributed by atoms with Gasteiger partial charge in [-0.1, -0.05) is 12.1 Å². The average Bonchev–Trinajstić information content (AvgIpc) is 3.29. The average molecular weight is 274 g/mol. The lowest BCUT2D eigenvalue weighted by Crippen LogP contribution is -2.45. The lowest BCUT2D eigenvalue weighted by molar-refractivity contribution is -0.136. The molecule has 0 bridgehead atoms. The van der Waals surface area contributed by atoms with Crippen molar-refractivity contribution >= 4 is 11.6 Å². The highest BCUT2D eigenvalue weighted by molar-refractivity contribution is 5.91. The fraction of sp³-hybridized carbons (Fsp3) is 0.562. The van der Waals surface area contributed by atoms with Gasteiger partial charge in [0.15, 0.2) is 0 Å². The molecule has 20 heavy (non-hydrogen) atoms. The van der Waals surface area contributed by atoms with Crippen molar-refractivity contribution in [2.24, 2.45) is 0 Å². The number of hydrogen-bond acceptors (Lipinski definition) is 3. The highest BCUT2D eigenvalue weighted by Gasteiger charge is 2.53. The van der Waals surface area contributed by atoms with Crippen LogP contribution in [0, 0.1) is 0 Å². The van der Waals surface area contributed by atoms with E-state index in [9.17, 15) is 4.79 Å². The minimum atomic E-state index is -0.291. The molecule has 108 valence electrons. The van der Waals surface area contributed by atoms with Crippen molar-refractivity contribution in [3.05, 3.63) is 29.8 Å².